The van der Waals surface area contributed by atoms with Crippen LogP contribution in [-0.4, -0.2) is 24.2 Å². The zero-order valence-corrected chi connectivity index (χ0v) is 27.5. The lowest BCUT2D eigenvalue weighted by atomic mass is 9.54. The predicted octanol–water partition coefficient (Wildman–Crippen LogP) is 8.71. The number of aromatic hydroxyl groups is 2. The SMILES string of the molecule is Oc1cccc2c1N(c1ccccc1F)B1c3cc4c(cc3-c3ccccc3N12)B1N(c2ccccc2-4)c2cccc(O)c2N1c1ccccc1F. The van der Waals surface area contributed by atoms with Crippen LogP contribution in [0.15, 0.2) is 146 Å². The van der Waals surface area contributed by atoms with Gasteiger partial charge in [0.15, 0.2) is 0 Å². The van der Waals surface area contributed by atoms with Gasteiger partial charge in [0.25, 0.3) is 0 Å². The van der Waals surface area contributed by atoms with E-state index in [2.05, 4.69) is 46.0 Å². The quantitative estimate of drug-likeness (QED) is 0.179. The molecule has 0 atom stereocenters. The van der Waals surface area contributed by atoms with Crippen molar-refractivity contribution in [3.05, 3.63) is 157 Å². The normalized spacial score (nSPS) is 14.3. The molecule has 0 spiro atoms. The van der Waals surface area contributed by atoms with Crippen molar-refractivity contribution in [2.24, 2.45) is 0 Å². The number of rotatable bonds is 2. The Labute approximate surface area is 298 Å². The first-order valence-corrected chi connectivity index (χ1v) is 17.2. The number of nitrogens with zero attached hydrogens (tertiary/aromatic N) is 4. The van der Waals surface area contributed by atoms with E-state index in [0.717, 1.165) is 55.9 Å². The molecule has 2 N–H and O–H groups in total. The molecule has 0 aliphatic carbocycles. The molecule has 0 fully saturated rings. The first-order valence-electron chi connectivity index (χ1n) is 17.2. The lowest BCUT2D eigenvalue weighted by Gasteiger charge is -2.40. The second kappa shape index (κ2) is 10.4. The van der Waals surface area contributed by atoms with E-state index in [1.54, 1.807) is 48.5 Å². The van der Waals surface area contributed by atoms with E-state index in [1.807, 2.05) is 58.2 Å². The van der Waals surface area contributed by atoms with E-state index in [-0.39, 0.29) is 11.5 Å². The summed E-state index contributed by atoms with van der Waals surface area (Å²) < 4.78 is 31.8. The molecule has 7 aromatic rings. The summed E-state index contributed by atoms with van der Waals surface area (Å²) in [6, 6.07) is 44.8. The van der Waals surface area contributed by atoms with Crippen LogP contribution in [0.2, 0.25) is 0 Å². The van der Waals surface area contributed by atoms with Crippen LogP contribution < -0.4 is 30.2 Å². The van der Waals surface area contributed by atoms with Crippen LogP contribution in [0.1, 0.15) is 0 Å². The third-order valence-corrected chi connectivity index (χ3v) is 10.9. The maximum Gasteiger partial charge on any atom is 0.421 e. The van der Waals surface area contributed by atoms with Crippen molar-refractivity contribution < 1.29 is 19.0 Å². The Bertz CT molecular complexity index is 2490. The summed E-state index contributed by atoms with van der Waals surface area (Å²) in [4.78, 5) is 8.16. The van der Waals surface area contributed by atoms with Gasteiger partial charge in [0.1, 0.15) is 23.1 Å². The Hall–Kier alpha value is -6.67. The van der Waals surface area contributed by atoms with E-state index in [1.165, 1.54) is 12.1 Å². The molecule has 246 valence electrons. The van der Waals surface area contributed by atoms with Gasteiger partial charge in [-0.2, -0.15) is 0 Å². The van der Waals surface area contributed by atoms with E-state index in [0.29, 0.717) is 22.7 Å². The van der Waals surface area contributed by atoms with Gasteiger partial charge in [-0.05, 0) is 82.7 Å². The first kappa shape index (κ1) is 29.1. The van der Waals surface area contributed by atoms with Gasteiger partial charge in [0.05, 0.1) is 34.1 Å². The molecule has 0 radical (unpaired) electrons. The number of phenolic OH excluding ortho intramolecular Hbond substituents is 2. The largest absolute Gasteiger partial charge is 0.506 e. The third-order valence-electron chi connectivity index (χ3n) is 10.9. The summed E-state index contributed by atoms with van der Waals surface area (Å²) in [5.74, 6) is -0.696. The maximum atomic E-state index is 15.9. The number of phenols is 2. The number of fused-ring (bicyclic) bond motifs is 16. The Morgan fingerprint density at radius 3 is 1.15 bits per heavy atom. The van der Waals surface area contributed by atoms with Gasteiger partial charge in [0, 0.05) is 22.5 Å². The van der Waals surface area contributed by atoms with Crippen molar-refractivity contribution in [2.45, 2.75) is 0 Å². The zero-order chi connectivity index (χ0) is 34.8. The number of para-hydroxylation sites is 6. The molecule has 0 aromatic heterocycles. The molecule has 0 bridgehead atoms. The summed E-state index contributed by atoms with van der Waals surface area (Å²) in [6.45, 7) is -1.10. The van der Waals surface area contributed by atoms with Gasteiger partial charge in [-0.3, -0.25) is 0 Å². The Morgan fingerprint density at radius 2 is 0.731 bits per heavy atom. The zero-order valence-electron chi connectivity index (χ0n) is 27.5. The van der Waals surface area contributed by atoms with E-state index in [9.17, 15) is 10.2 Å². The van der Waals surface area contributed by atoms with Crippen LogP contribution in [0.4, 0.5) is 54.3 Å². The minimum absolute atomic E-state index is 0.0530. The number of hydrogen-bond donors (Lipinski definition) is 2. The summed E-state index contributed by atoms with van der Waals surface area (Å²) in [5.41, 5.74) is 10.8. The van der Waals surface area contributed by atoms with Crippen molar-refractivity contribution in [3.8, 4) is 33.8 Å². The standard InChI is InChI=1S/C42H26B2F2N4O2/c45-31-13-3-7-17-35(31)49-41-37(19-9-21-39(41)51)47-33-15-5-1-11-25(33)27-23-30-28(24-29(27)43(47)49)26-12-2-6-16-34(26)48-38-20-10-22-40(52)42(38)50(44(30)48)36-18-8-4-14-32(36)46/h1-24,51-52H. The topological polar surface area (TPSA) is 53.4 Å². The highest BCUT2D eigenvalue weighted by Gasteiger charge is 2.53. The highest BCUT2D eigenvalue weighted by Crippen LogP contribution is 2.57. The fourth-order valence-corrected chi connectivity index (χ4v) is 8.89. The average molecular weight is 678 g/mol. The summed E-state index contributed by atoms with van der Waals surface area (Å²) in [5, 5.41) is 22.9. The van der Waals surface area contributed by atoms with Crippen LogP contribution in [0.5, 0.6) is 11.5 Å². The number of benzene rings is 7. The van der Waals surface area contributed by atoms with Gasteiger partial charge in [-0.1, -0.05) is 84.9 Å². The van der Waals surface area contributed by atoms with E-state index >= 15 is 8.78 Å². The minimum atomic E-state index is -0.548. The highest BCUT2D eigenvalue weighted by atomic mass is 19.1. The molecule has 0 unspecified atom stereocenters. The first-order chi connectivity index (χ1) is 25.5. The highest BCUT2D eigenvalue weighted by molar-refractivity contribution is 6.89. The third kappa shape index (κ3) is 3.68. The maximum absolute atomic E-state index is 15.9. The van der Waals surface area contributed by atoms with Gasteiger partial charge < -0.3 is 29.5 Å². The molecular formula is C42H26B2F2N4O2. The van der Waals surface area contributed by atoms with E-state index in [4.69, 9.17) is 0 Å². The van der Waals surface area contributed by atoms with Gasteiger partial charge >= 0.3 is 14.0 Å². The molecule has 7 aromatic carbocycles. The molecule has 0 saturated carbocycles. The van der Waals surface area contributed by atoms with Crippen molar-refractivity contribution in [1.82, 2.24) is 0 Å². The predicted molar refractivity (Wildman–Crippen MR) is 206 cm³/mol. The van der Waals surface area contributed by atoms with E-state index < -0.39 is 25.6 Å². The Morgan fingerprint density at radius 1 is 0.365 bits per heavy atom. The second-order valence-electron chi connectivity index (χ2n) is 13.5. The number of anilines is 8. The Kier molecular flexibility index (Phi) is 5.84. The smallest absolute Gasteiger partial charge is 0.421 e. The molecule has 0 saturated heterocycles. The summed E-state index contributed by atoms with van der Waals surface area (Å²) >= 11 is 0. The van der Waals surface area contributed by atoms with Crippen molar-refractivity contribution in [2.75, 3.05) is 19.2 Å². The monoisotopic (exact) mass is 678 g/mol. The summed E-state index contributed by atoms with van der Waals surface area (Å²) in [7, 11) is 0. The molecule has 52 heavy (non-hydrogen) atoms. The van der Waals surface area contributed by atoms with Crippen molar-refractivity contribution in [1.29, 1.82) is 0 Å². The average Bonchev–Trinajstić information content (AvgIpc) is 3.71. The fraction of sp³-hybridized carbons (Fsp3) is 0. The minimum Gasteiger partial charge on any atom is -0.506 e. The molecule has 6 nitrogen and oxygen atoms in total. The van der Waals surface area contributed by atoms with Gasteiger partial charge in [-0.25, -0.2) is 8.78 Å². The fourth-order valence-electron chi connectivity index (χ4n) is 8.89. The molecule has 0 amide bonds. The van der Waals surface area contributed by atoms with Crippen LogP contribution >= 0.6 is 0 Å². The van der Waals surface area contributed by atoms with Crippen LogP contribution in [0.25, 0.3) is 22.3 Å². The second-order valence-corrected chi connectivity index (χ2v) is 13.5. The van der Waals surface area contributed by atoms with Crippen LogP contribution in [-0.2, 0) is 0 Å². The molecule has 4 aliphatic heterocycles. The molecule has 11 rings (SSSR count). The number of halogens is 2. The molecular weight excluding hydrogens is 652 g/mol. The number of hydrogen-bond acceptors (Lipinski definition) is 6. The molecule has 10 heteroatoms. The summed E-state index contributed by atoms with van der Waals surface area (Å²) in [6.07, 6.45) is 0. The molecule has 4 aliphatic rings. The Balaban J connectivity index is 1.23. The molecule has 4 heterocycles. The van der Waals surface area contributed by atoms with Crippen LogP contribution in [0.3, 0.4) is 0 Å². The lowest BCUT2D eigenvalue weighted by molar-refractivity contribution is 0.476. The van der Waals surface area contributed by atoms with Gasteiger partial charge in [-0.15, -0.1) is 0 Å². The van der Waals surface area contributed by atoms with Crippen LogP contribution in [0, 0.1) is 11.6 Å². The lowest BCUT2D eigenvalue weighted by Crippen LogP contribution is -2.59. The van der Waals surface area contributed by atoms with Gasteiger partial charge in [0.2, 0.25) is 0 Å². The van der Waals surface area contributed by atoms with Crippen molar-refractivity contribution in [3.63, 3.8) is 0 Å². The van der Waals surface area contributed by atoms with Crippen molar-refractivity contribution >= 4 is 70.4 Å².